The maximum Gasteiger partial charge on any atom is 0.233 e. The number of nitrogens with zero attached hydrogens (tertiary/aromatic N) is 2. The zero-order chi connectivity index (χ0) is 23.1. The van der Waals surface area contributed by atoms with Crippen molar-refractivity contribution < 1.29 is 9.53 Å². The largest absolute Gasteiger partial charge is 0.381 e. The summed E-state index contributed by atoms with van der Waals surface area (Å²) in [5, 5.41) is 8.28. The number of unbranched alkanes of at least 4 members (excludes halogenated alkanes) is 2. The number of halogens is 1. The summed E-state index contributed by atoms with van der Waals surface area (Å²) in [7, 11) is 1.93. The summed E-state index contributed by atoms with van der Waals surface area (Å²) >= 11 is 6.09. The van der Waals surface area contributed by atoms with Crippen LogP contribution >= 0.6 is 11.6 Å². The molecule has 2 heterocycles. The number of hydrogen-bond donors (Lipinski definition) is 1. The highest BCUT2D eigenvalue weighted by Crippen LogP contribution is 2.37. The van der Waals surface area contributed by atoms with Gasteiger partial charge in [-0.05, 0) is 55.9 Å². The Balaban J connectivity index is 1.27. The first-order valence-electron chi connectivity index (χ1n) is 11.8. The summed E-state index contributed by atoms with van der Waals surface area (Å²) in [4.78, 5) is 15.5. The Morgan fingerprint density at radius 2 is 1.79 bits per heavy atom. The number of hydrogen-bond acceptors (Lipinski definition) is 3. The van der Waals surface area contributed by atoms with E-state index in [-0.39, 0.29) is 5.91 Å². The summed E-state index contributed by atoms with van der Waals surface area (Å²) in [5.74, 6) is 0.189. The van der Waals surface area contributed by atoms with Gasteiger partial charge in [0, 0.05) is 43.1 Å². The third-order valence-electron chi connectivity index (χ3n) is 6.64. The van der Waals surface area contributed by atoms with Crippen molar-refractivity contribution in [2.45, 2.75) is 43.9 Å². The molecular weight excluding hydrogens is 434 g/mol. The van der Waals surface area contributed by atoms with Gasteiger partial charge in [0.05, 0.1) is 11.1 Å². The monoisotopic (exact) mass is 465 g/mol. The Labute approximate surface area is 201 Å². The first kappa shape index (κ1) is 23.5. The molecule has 33 heavy (non-hydrogen) atoms. The van der Waals surface area contributed by atoms with Crippen LogP contribution in [0.5, 0.6) is 0 Å². The average Bonchev–Trinajstić information content (AvgIpc) is 3.33. The zero-order valence-electron chi connectivity index (χ0n) is 19.2. The van der Waals surface area contributed by atoms with Crippen molar-refractivity contribution in [1.82, 2.24) is 15.1 Å². The van der Waals surface area contributed by atoms with E-state index in [2.05, 4.69) is 28.4 Å². The van der Waals surface area contributed by atoms with E-state index in [1.54, 1.807) is 0 Å². The molecule has 0 spiro atoms. The number of aromatic nitrogens is 2. The van der Waals surface area contributed by atoms with Crippen LogP contribution in [0, 0.1) is 0 Å². The number of carbonyl (C=O) groups excluding carboxylic acids is 1. The Morgan fingerprint density at radius 3 is 2.52 bits per heavy atom. The molecule has 0 bridgehead atoms. The fourth-order valence-electron chi connectivity index (χ4n) is 4.67. The second kappa shape index (κ2) is 11.0. The van der Waals surface area contributed by atoms with E-state index in [1.807, 2.05) is 54.4 Å². The van der Waals surface area contributed by atoms with Crippen molar-refractivity contribution in [3.05, 3.63) is 76.9 Å². The molecule has 1 aliphatic heterocycles. The number of H-pyrrole nitrogens is 1. The third-order valence-corrected chi connectivity index (χ3v) is 6.89. The maximum absolute atomic E-state index is 13.6. The molecule has 0 unspecified atom stereocenters. The fourth-order valence-corrected chi connectivity index (χ4v) is 4.80. The molecule has 1 saturated heterocycles. The smallest absolute Gasteiger partial charge is 0.233 e. The average molecular weight is 466 g/mol. The lowest BCUT2D eigenvalue weighted by molar-refractivity contribution is -0.140. The first-order valence-corrected chi connectivity index (χ1v) is 12.2. The Hall–Kier alpha value is -2.63. The molecule has 1 fully saturated rings. The minimum atomic E-state index is -0.513. The molecule has 174 valence electrons. The van der Waals surface area contributed by atoms with Crippen LogP contribution in [0.3, 0.4) is 0 Å². The molecule has 4 rings (SSSR count). The maximum atomic E-state index is 13.6. The quantitative estimate of drug-likeness (QED) is 0.415. The van der Waals surface area contributed by atoms with Crippen LogP contribution in [-0.2, 0) is 21.4 Å². The normalized spacial score (nSPS) is 15.3. The molecule has 0 saturated carbocycles. The van der Waals surface area contributed by atoms with Crippen LogP contribution in [-0.4, -0.2) is 47.8 Å². The Bertz CT molecular complexity index is 1030. The van der Waals surface area contributed by atoms with Crippen LogP contribution in [0.4, 0.5) is 0 Å². The molecular formula is C27H32ClN3O2. The summed E-state index contributed by atoms with van der Waals surface area (Å²) in [6.45, 7) is 1.97. The molecule has 5 nitrogen and oxygen atoms in total. The SMILES string of the molecule is CN(CCCCCc1cc(-c2ccccc2)n[nH]1)C(=O)C1(c2ccc(Cl)cc2)CCOCC1. The van der Waals surface area contributed by atoms with E-state index in [0.717, 1.165) is 54.7 Å². The molecule has 2 aromatic carbocycles. The summed E-state index contributed by atoms with van der Waals surface area (Å²) in [5.41, 5.74) is 3.80. The predicted octanol–water partition coefficient (Wildman–Crippen LogP) is 5.65. The number of rotatable bonds is 9. The van der Waals surface area contributed by atoms with Crippen LogP contribution in [0.15, 0.2) is 60.7 Å². The van der Waals surface area contributed by atoms with Gasteiger partial charge in [0.1, 0.15) is 0 Å². The topological polar surface area (TPSA) is 58.2 Å². The van der Waals surface area contributed by atoms with Gasteiger partial charge in [-0.1, -0.05) is 60.5 Å². The van der Waals surface area contributed by atoms with Crippen LogP contribution in [0.1, 0.15) is 43.4 Å². The molecule has 3 aromatic rings. The number of likely N-dealkylation sites (N-methyl/N-ethyl adjacent to an activating group) is 1. The van der Waals surface area contributed by atoms with Gasteiger partial charge in [0.25, 0.3) is 0 Å². The molecule has 0 atom stereocenters. The highest BCUT2D eigenvalue weighted by atomic mass is 35.5. The second-order valence-corrected chi connectivity index (χ2v) is 9.32. The van der Waals surface area contributed by atoms with Crippen molar-refractivity contribution in [2.75, 3.05) is 26.8 Å². The molecule has 1 N–H and O–H groups in total. The molecule has 0 aliphatic carbocycles. The lowest BCUT2D eigenvalue weighted by Gasteiger charge is -2.39. The van der Waals surface area contributed by atoms with Gasteiger partial charge < -0.3 is 9.64 Å². The van der Waals surface area contributed by atoms with Crippen molar-refractivity contribution in [2.24, 2.45) is 0 Å². The molecule has 6 heteroatoms. The zero-order valence-corrected chi connectivity index (χ0v) is 20.0. The highest BCUT2D eigenvalue weighted by molar-refractivity contribution is 6.30. The molecule has 0 radical (unpaired) electrons. The summed E-state index contributed by atoms with van der Waals surface area (Å²) < 4.78 is 5.58. The van der Waals surface area contributed by atoms with Gasteiger partial charge in [-0.2, -0.15) is 5.10 Å². The van der Waals surface area contributed by atoms with Crippen LogP contribution in [0.2, 0.25) is 5.02 Å². The van der Waals surface area contributed by atoms with Crippen molar-refractivity contribution in [3.8, 4) is 11.3 Å². The molecule has 1 aliphatic rings. The van der Waals surface area contributed by atoms with Gasteiger partial charge in [0.15, 0.2) is 0 Å². The highest BCUT2D eigenvalue weighted by Gasteiger charge is 2.43. The number of amides is 1. The van der Waals surface area contributed by atoms with Gasteiger partial charge in [-0.25, -0.2) is 0 Å². The summed E-state index contributed by atoms with van der Waals surface area (Å²) in [6.07, 6.45) is 5.49. The fraction of sp³-hybridized carbons (Fsp3) is 0.407. The van der Waals surface area contributed by atoms with E-state index in [1.165, 1.54) is 0 Å². The third kappa shape index (κ3) is 5.66. The van der Waals surface area contributed by atoms with Gasteiger partial charge in [-0.15, -0.1) is 0 Å². The predicted molar refractivity (Wildman–Crippen MR) is 132 cm³/mol. The van der Waals surface area contributed by atoms with Crippen molar-refractivity contribution in [1.29, 1.82) is 0 Å². The summed E-state index contributed by atoms with van der Waals surface area (Å²) in [6, 6.07) is 20.1. The lowest BCUT2D eigenvalue weighted by atomic mass is 9.73. The van der Waals surface area contributed by atoms with Gasteiger partial charge >= 0.3 is 0 Å². The van der Waals surface area contributed by atoms with Crippen molar-refractivity contribution >= 4 is 17.5 Å². The van der Waals surface area contributed by atoms with Crippen LogP contribution < -0.4 is 0 Å². The van der Waals surface area contributed by atoms with E-state index in [9.17, 15) is 4.79 Å². The Kier molecular flexibility index (Phi) is 7.84. The number of benzene rings is 2. The standard InChI is InChI=1S/C27H32ClN3O2/c1-31(26(32)27(15-18-33-19-16-27)22-11-13-23(28)14-12-22)17-7-3-6-10-24-20-25(30-29-24)21-8-4-2-5-9-21/h2,4-5,8-9,11-14,20H,3,6-7,10,15-19H2,1H3,(H,29,30). The lowest BCUT2D eigenvalue weighted by Crippen LogP contribution is -2.48. The first-order chi connectivity index (χ1) is 16.1. The number of carbonyl (C=O) groups is 1. The van der Waals surface area contributed by atoms with E-state index >= 15 is 0 Å². The van der Waals surface area contributed by atoms with Crippen molar-refractivity contribution in [3.63, 3.8) is 0 Å². The Morgan fingerprint density at radius 1 is 1.06 bits per heavy atom. The van der Waals surface area contributed by atoms with E-state index < -0.39 is 5.41 Å². The molecule has 1 aromatic heterocycles. The van der Waals surface area contributed by atoms with Crippen LogP contribution in [0.25, 0.3) is 11.3 Å². The minimum absolute atomic E-state index is 0.189. The number of aryl methyl sites for hydroxylation is 1. The second-order valence-electron chi connectivity index (χ2n) is 8.88. The molecule has 1 amide bonds. The van der Waals surface area contributed by atoms with Gasteiger partial charge in [0.2, 0.25) is 5.91 Å². The number of aromatic amines is 1. The number of nitrogens with one attached hydrogen (secondary N) is 1. The van der Waals surface area contributed by atoms with E-state index in [0.29, 0.717) is 31.1 Å². The minimum Gasteiger partial charge on any atom is -0.381 e. The van der Waals surface area contributed by atoms with Gasteiger partial charge in [-0.3, -0.25) is 9.89 Å². The van der Waals surface area contributed by atoms with E-state index in [4.69, 9.17) is 16.3 Å². The number of ether oxygens (including phenoxy) is 1.